The highest BCUT2D eigenvalue weighted by Crippen LogP contribution is 2.40. The molecule has 1 aromatic carbocycles. The van der Waals surface area contributed by atoms with E-state index in [0.717, 1.165) is 14.2 Å². The second kappa shape index (κ2) is 8.80. The largest absolute Gasteiger partial charge is 0.481 e. The van der Waals surface area contributed by atoms with Gasteiger partial charge in [0.2, 0.25) is 0 Å². The summed E-state index contributed by atoms with van der Waals surface area (Å²) in [6.07, 6.45) is 2.39. The van der Waals surface area contributed by atoms with Crippen molar-refractivity contribution < 1.29 is 33.9 Å². The number of para-hydroxylation sites is 1. The second-order valence-corrected chi connectivity index (χ2v) is 5.78. The van der Waals surface area contributed by atoms with E-state index in [1.807, 2.05) is 0 Å². The van der Waals surface area contributed by atoms with Crippen molar-refractivity contribution in [3.8, 4) is 0 Å². The molecule has 1 aliphatic rings. The van der Waals surface area contributed by atoms with E-state index in [1.54, 1.807) is 6.07 Å². The molecule has 0 bridgehead atoms. The van der Waals surface area contributed by atoms with Gasteiger partial charge in [-0.15, -0.1) is 0 Å². The third-order valence-electron chi connectivity index (χ3n) is 4.10. The van der Waals surface area contributed by atoms with E-state index < -0.39 is 28.7 Å². The van der Waals surface area contributed by atoms with Gasteiger partial charge in [0.25, 0.3) is 5.69 Å². The number of esters is 2. The summed E-state index contributed by atoms with van der Waals surface area (Å²) in [4.78, 5) is 47.8. The normalized spacial score (nSPS) is 14.0. The lowest BCUT2D eigenvalue weighted by Gasteiger charge is -2.29. The van der Waals surface area contributed by atoms with Crippen LogP contribution in [0.1, 0.15) is 17.9 Å². The van der Waals surface area contributed by atoms with Crippen molar-refractivity contribution in [2.75, 3.05) is 20.8 Å². The number of carboxylic acids is 1. The number of ether oxygens (including phenoxy) is 2. The van der Waals surface area contributed by atoms with Gasteiger partial charge in [-0.1, -0.05) is 18.2 Å². The topological polar surface area (TPSA) is 136 Å². The van der Waals surface area contributed by atoms with Crippen molar-refractivity contribution in [3.63, 3.8) is 0 Å². The van der Waals surface area contributed by atoms with E-state index in [2.05, 4.69) is 0 Å². The molecule has 0 aromatic heterocycles. The Bertz CT molecular complexity index is 840. The minimum atomic E-state index is -1.11. The number of hydrogen-bond acceptors (Lipinski definition) is 8. The summed E-state index contributed by atoms with van der Waals surface area (Å²) in [6.45, 7) is -0.0279. The summed E-state index contributed by atoms with van der Waals surface area (Å²) in [7, 11) is 2.27. The third-order valence-corrected chi connectivity index (χ3v) is 4.10. The zero-order chi connectivity index (χ0) is 20.8. The highest BCUT2D eigenvalue weighted by Gasteiger charge is 2.38. The minimum Gasteiger partial charge on any atom is -0.481 e. The number of nitro benzene ring substituents is 1. The molecule has 1 aliphatic heterocycles. The van der Waals surface area contributed by atoms with E-state index in [9.17, 15) is 24.5 Å². The number of benzene rings is 1. The molecule has 1 aromatic rings. The summed E-state index contributed by atoms with van der Waals surface area (Å²) in [6, 6.07) is 5.70. The smallest absolute Gasteiger partial charge is 0.336 e. The fourth-order valence-corrected chi connectivity index (χ4v) is 2.87. The van der Waals surface area contributed by atoms with Crippen LogP contribution in [-0.2, 0) is 23.9 Å². The van der Waals surface area contributed by atoms with Crippen LogP contribution >= 0.6 is 0 Å². The monoisotopic (exact) mass is 390 g/mol. The second-order valence-electron chi connectivity index (χ2n) is 5.78. The van der Waals surface area contributed by atoms with Gasteiger partial charge in [-0.25, -0.2) is 9.59 Å². The fourth-order valence-electron chi connectivity index (χ4n) is 2.87. The summed E-state index contributed by atoms with van der Waals surface area (Å²) < 4.78 is 9.56. The van der Waals surface area contributed by atoms with Crippen LogP contribution in [-0.4, -0.2) is 53.6 Å². The van der Waals surface area contributed by atoms with Gasteiger partial charge in [0.05, 0.1) is 42.6 Å². The van der Waals surface area contributed by atoms with Gasteiger partial charge < -0.3 is 19.5 Å². The van der Waals surface area contributed by atoms with Crippen molar-refractivity contribution in [2.24, 2.45) is 0 Å². The summed E-state index contributed by atoms with van der Waals surface area (Å²) >= 11 is 0. The van der Waals surface area contributed by atoms with Crippen LogP contribution in [0.25, 0.3) is 0 Å². The number of carbonyl (C=O) groups is 3. The van der Waals surface area contributed by atoms with E-state index >= 15 is 0 Å². The zero-order valence-electron chi connectivity index (χ0n) is 15.2. The van der Waals surface area contributed by atoms with Gasteiger partial charge in [-0.3, -0.25) is 14.9 Å². The Labute approximate surface area is 159 Å². The first-order chi connectivity index (χ1) is 13.3. The molecule has 2 rings (SSSR count). The number of methoxy groups -OCH3 is 2. The van der Waals surface area contributed by atoms with Gasteiger partial charge in [-0.05, 0) is 0 Å². The Morgan fingerprint density at radius 1 is 1.11 bits per heavy atom. The van der Waals surface area contributed by atoms with Crippen LogP contribution in [0.3, 0.4) is 0 Å². The average molecular weight is 390 g/mol. The number of nitrogens with zero attached hydrogens (tertiary/aromatic N) is 2. The van der Waals surface area contributed by atoms with Gasteiger partial charge in [0.1, 0.15) is 0 Å². The maximum absolute atomic E-state index is 12.4. The molecule has 148 valence electrons. The van der Waals surface area contributed by atoms with Crippen LogP contribution in [0.5, 0.6) is 0 Å². The number of carbonyl (C=O) groups excluding carboxylic acids is 2. The molecule has 0 atom stereocenters. The number of hydrogen-bond donors (Lipinski definition) is 1. The van der Waals surface area contributed by atoms with Crippen molar-refractivity contribution in [3.05, 3.63) is 63.5 Å². The van der Waals surface area contributed by atoms with Crippen LogP contribution in [0.15, 0.2) is 47.8 Å². The van der Waals surface area contributed by atoms with Gasteiger partial charge in [-0.2, -0.15) is 0 Å². The minimum absolute atomic E-state index is 0.0279. The molecule has 0 radical (unpaired) electrons. The van der Waals surface area contributed by atoms with E-state index in [4.69, 9.17) is 14.6 Å². The van der Waals surface area contributed by atoms with Gasteiger partial charge in [0, 0.05) is 30.6 Å². The number of aliphatic carboxylic acids is 1. The summed E-state index contributed by atoms with van der Waals surface area (Å²) in [5, 5.41) is 20.3. The molecule has 0 aliphatic carbocycles. The lowest BCUT2D eigenvalue weighted by atomic mass is 9.82. The summed E-state index contributed by atoms with van der Waals surface area (Å²) in [5.41, 5.74) is -0.273. The average Bonchev–Trinajstić information content (AvgIpc) is 2.70. The molecule has 10 nitrogen and oxygen atoms in total. The van der Waals surface area contributed by atoms with Crippen molar-refractivity contribution in [2.45, 2.75) is 12.3 Å². The molecular formula is C18H18N2O8. The molecule has 0 saturated carbocycles. The van der Waals surface area contributed by atoms with E-state index in [1.165, 1.54) is 35.5 Å². The van der Waals surface area contributed by atoms with Crippen molar-refractivity contribution >= 4 is 23.6 Å². The number of nitro groups is 1. The standard InChI is InChI=1S/C18H18N2O8/c1-27-17(23)12-9-19(8-7-15(21)22)10-13(18(24)28-2)16(12)11-5-3-4-6-14(11)20(25)26/h3-6,9-10,16H,7-8H2,1-2H3,(H,21,22). The first kappa shape index (κ1) is 20.6. The molecule has 28 heavy (non-hydrogen) atoms. The summed E-state index contributed by atoms with van der Waals surface area (Å²) in [5.74, 6) is -3.79. The number of rotatable bonds is 7. The SMILES string of the molecule is COC(=O)C1=CN(CCC(=O)O)C=C(C(=O)OC)C1c1ccccc1[N+](=O)[O-]. The van der Waals surface area contributed by atoms with Crippen LogP contribution in [0.2, 0.25) is 0 Å². The molecule has 1 heterocycles. The third kappa shape index (κ3) is 4.34. The quantitative estimate of drug-likeness (QED) is 0.418. The van der Waals surface area contributed by atoms with Crippen LogP contribution < -0.4 is 0 Å². The zero-order valence-corrected chi connectivity index (χ0v) is 15.2. The van der Waals surface area contributed by atoms with E-state index in [-0.39, 0.29) is 35.4 Å². The van der Waals surface area contributed by atoms with Crippen molar-refractivity contribution in [1.82, 2.24) is 4.90 Å². The Kier molecular flexibility index (Phi) is 6.48. The van der Waals surface area contributed by atoms with Crippen LogP contribution in [0.4, 0.5) is 5.69 Å². The van der Waals surface area contributed by atoms with E-state index in [0.29, 0.717) is 0 Å². The van der Waals surface area contributed by atoms with Crippen molar-refractivity contribution in [1.29, 1.82) is 0 Å². The highest BCUT2D eigenvalue weighted by atomic mass is 16.6. The first-order valence-corrected chi connectivity index (χ1v) is 8.11. The maximum atomic E-state index is 12.4. The molecule has 0 fully saturated rings. The first-order valence-electron chi connectivity index (χ1n) is 8.11. The predicted octanol–water partition coefficient (Wildman–Crippen LogP) is 1.58. The van der Waals surface area contributed by atoms with Crippen LogP contribution in [0, 0.1) is 10.1 Å². The molecule has 10 heteroatoms. The lowest BCUT2D eigenvalue weighted by Crippen LogP contribution is -2.30. The highest BCUT2D eigenvalue weighted by molar-refractivity contribution is 5.99. The molecule has 0 saturated heterocycles. The number of carboxylic acid groups (broad SMARTS) is 1. The molecule has 1 N–H and O–H groups in total. The Balaban J connectivity index is 2.65. The molecular weight excluding hydrogens is 372 g/mol. The van der Waals surface area contributed by atoms with Gasteiger partial charge >= 0.3 is 17.9 Å². The predicted molar refractivity (Wildman–Crippen MR) is 95.0 cm³/mol. The Hall–Kier alpha value is -3.69. The fraction of sp³-hybridized carbons (Fsp3) is 0.278. The van der Waals surface area contributed by atoms with Gasteiger partial charge in [0.15, 0.2) is 0 Å². The maximum Gasteiger partial charge on any atom is 0.336 e. The lowest BCUT2D eigenvalue weighted by molar-refractivity contribution is -0.385. The molecule has 0 spiro atoms. The Morgan fingerprint density at radius 3 is 2.11 bits per heavy atom. The molecule has 0 unspecified atom stereocenters. The molecule has 0 amide bonds. The Morgan fingerprint density at radius 2 is 1.64 bits per heavy atom.